The van der Waals surface area contributed by atoms with Gasteiger partial charge in [0.15, 0.2) is 0 Å². The maximum atomic E-state index is 13.7. The van der Waals surface area contributed by atoms with Crippen LogP contribution in [-0.4, -0.2) is 41.1 Å². The van der Waals surface area contributed by atoms with Crippen molar-refractivity contribution in [2.45, 2.75) is 19.3 Å². The minimum absolute atomic E-state index is 0.186. The Hall–Kier alpha value is -3.12. The van der Waals surface area contributed by atoms with Crippen LogP contribution in [0.25, 0.3) is 22.0 Å². The molecule has 0 spiro atoms. The number of likely N-dealkylation sites (tertiary alicyclic amines) is 1. The fourth-order valence-electron chi connectivity index (χ4n) is 4.67. The third kappa shape index (κ3) is 4.55. The number of hydrogen-bond donors (Lipinski definition) is 2. The number of H-pyrrole nitrogens is 2. The van der Waals surface area contributed by atoms with E-state index in [9.17, 15) is 8.78 Å². The number of aromatic nitrogens is 2. The quantitative estimate of drug-likeness (QED) is 0.387. The summed E-state index contributed by atoms with van der Waals surface area (Å²) in [5.74, 6) is 0.849. The van der Waals surface area contributed by atoms with Crippen molar-refractivity contribution in [3.05, 3.63) is 78.3 Å². The third-order valence-electron chi connectivity index (χ3n) is 6.46. The monoisotopic (exact) mass is 435 g/mol. The smallest absolute Gasteiger partial charge is 0.127 e. The zero-order valence-electron chi connectivity index (χ0n) is 17.9. The van der Waals surface area contributed by atoms with Crippen molar-refractivity contribution in [1.82, 2.24) is 14.9 Å². The highest BCUT2D eigenvalue weighted by Gasteiger charge is 2.21. The summed E-state index contributed by atoms with van der Waals surface area (Å²) in [7, 11) is 0. The molecule has 1 fully saturated rings. The van der Waals surface area contributed by atoms with Gasteiger partial charge in [-0.2, -0.15) is 0 Å². The lowest BCUT2D eigenvalue weighted by atomic mass is 9.90. The zero-order chi connectivity index (χ0) is 21.9. The van der Waals surface area contributed by atoms with E-state index in [1.807, 2.05) is 24.7 Å². The summed E-state index contributed by atoms with van der Waals surface area (Å²) in [6.07, 6.45) is 8.90. The molecule has 166 valence electrons. The number of fused-ring (bicyclic) bond motifs is 1. The Bertz CT molecular complexity index is 1180. The first-order chi connectivity index (χ1) is 15.7. The van der Waals surface area contributed by atoms with Crippen molar-refractivity contribution in [2.75, 3.05) is 26.2 Å². The van der Waals surface area contributed by atoms with Crippen LogP contribution in [-0.2, 0) is 6.42 Å². The minimum atomic E-state index is -0.270. The SMILES string of the molecule is Fc1ccc(OCCN2CCC(Cc3c[nH]c4ccc(F)cc34)CC2)c(-c2cc[nH]c2)c1. The van der Waals surface area contributed by atoms with Gasteiger partial charge in [-0.25, -0.2) is 8.78 Å². The average molecular weight is 436 g/mol. The second-order valence-corrected chi connectivity index (χ2v) is 8.58. The van der Waals surface area contributed by atoms with Gasteiger partial charge in [-0.3, -0.25) is 4.90 Å². The summed E-state index contributed by atoms with van der Waals surface area (Å²) in [5, 5.41) is 0.998. The van der Waals surface area contributed by atoms with E-state index in [4.69, 9.17) is 4.74 Å². The molecule has 0 aliphatic carbocycles. The summed E-state index contributed by atoms with van der Waals surface area (Å²) >= 11 is 0. The predicted molar refractivity (Wildman–Crippen MR) is 123 cm³/mol. The molecule has 2 aromatic heterocycles. The van der Waals surface area contributed by atoms with Gasteiger partial charge in [0, 0.05) is 47.2 Å². The van der Waals surface area contributed by atoms with Gasteiger partial charge in [0.05, 0.1) is 0 Å². The van der Waals surface area contributed by atoms with Gasteiger partial charge < -0.3 is 14.7 Å². The molecular formula is C26H27F2N3O. The summed E-state index contributed by atoms with van der Waals surface area (Å²) in [4.78, 5) is 8.69. The first-order valence-electron chi connectivity index (χ1n) is 11.2. The fourth-order valence-corrected chi connectivity index (χ4v) is 4.67. The predicted octanol–water partition coefficient (Wildman–Crippen LogP) is 5.77. The van der Waals surface area contributed by atoms with E-state index < -0.39 is 0 Å². The molecule has 0 saturated carbocycles. The van der Waals surface area contributed by atoms with Crippen LogP contribution < -0.4 is 4.74 Å². The molecule has 0 unspecified atom stereocenters. The molecule has 0 bridgehead atoms. The number of piperidine rings is 1. The Balaban J connectivity index is 1.13. The number of benzene rings is 2. The number of hydrogen-bond acceptors (Lipinski definition) is 2. The Morgan fingerprint density at radius 1 is 0.969 bits per heavy atom. The van der Waals surface area contributed by atoms with Crippen LogP contribution in [0.1, 0.15) is 18.4 Å². The van der Waals surface area contributed by atoms with Crippen LogP contribution in [0, 0.1) is 17.6 Å². The van der Waals surface area contributed by atoms with Gasteiger partial charge in [-0.05, 0) is 86.3 Å². The Morgan fingerprint density at radius 2 is 1.78 bits per heavy atom. The van der Waals surface area contributed by atoms with Crippen LogP contribution in [0.15, 0.2) is 61.1 Å². The molecule has 1 saturated heterocycles. The van der Waals surface area contributed by atoms with Gasteiger partial charge in [-0.1, -0.05) is 0 Å². The van der Waals surface area contributed by atoms with Gasteiger partial charge in [0.1, 0.15) is 24.0 Å². The van der Waals surface area contributed by atoms with Crippen LogP contribution in [0.4, 0.5) is 8.78 Å². The van der Waals surface area contributed by atoms with E-state index in [1.54, 1.807) is 18.2 Å². The lowest BCUT2D eigenvalue weighted by Crippen LogP contribution is -2.37. The lowest BCUT2D eigenvalue weighted by molar-refractivity contribution is 0.155. The first-order valence-corrected chi connectivity index (χ1v) is 11.2. The van der Waals surface area contributed by atoms with Gasteiger partial charge in [-0.15, -0.1) is 0 Å². The van der Waals surface area contributed by atoms with Crippen LogP contribution >= 0.6 is 0 Å². The number of nitrogens with zero attached hydrogens (tertiary/aromatic N) is 1. The maximum absolute atomic E-state index is 13.7. The number of ether oxygens (including phenoxy) is 1. The molecule has 0 radical (unpaired) electrons. The third-order valence-corrected chi connectivity index (χ3v) is 6.46. The topological polar surface area (TPSA) is 44.0 Å². The molecule has 3 heterocycles. The Kier molecular flexibility index (Phi) is 5.95. The van der Waals surface area contributed by atoms with Gasteiger partial charge in [0.25, 0.3) is 0 Å². The van der Waals surface area contributed by atoms with Crippen LogP contribution in [0.3, 0.4) is 0 Å². The number of nitrogens with one attached hydrogen (secondary N) is 2. The van der Waals surface area contributed by atoms with Crippen molar-refractivity contribution in [3.63, 3.8) is 0 Å². The van der Waals surface area contributed by atoms with Crippen LogP contribution in [0.5, 0.6) is 5.75 Å². The van der Waals surface area contributed by atoms with Crippen molar-refractivity contribution >= 4 is 10.9 Å². The fraction of sp³-hybridized carbons (Fsp3) is 0.308. The van der Waals surface area contributed by atoms with Crippen molar-refractivity contribution in [2.24, 2.45) is 5.92 Å². The molecule has 1 aliphatic heterocycles. The highest BCUT2D eigenvalue weighted by molar-refractivity contribution is 5.83. The molecule has 0 atom stereocenters. The van der Waals surface area contributed by atoms with Crippen molar-refractivity contribution in [1.29, 1.82) is 0 Å². The minimum Gasteiger partial charge on any atom is -0.492 e. The zero-order valence-corrected chi connectivity index (χ0v) is 17.9. The van der Waals surface area contributed by atoms with E-state index in [0.29, 0.717) is 18.3 Å². The maximum Gasteiger partial charge on any atom is 0.127 e. The van der Waals surface area contributed by atoms with E-state index >= 15 is 0 Å². The second kappa shape index (κ2) is 9.17. The molecular weight excluding hydrogens is 408 g/mol. The van der Waals surface area contributed by atoms with Gasteiger partial charge in [0.2, 0.25) is 0 Å². The second-order valence-electron chi connectivity index (χ2n) is 8.58. The summed E-state index contributed by atoms with van der Waals surface area (Å²) in [6, 6.07) is 11.5. The van der Waals surface area contributed by atoms with E-state index in [-0.39, 0.29) is 11.6 Å². The highest BCUT2D eigenvalue weighted by atomic mass is 19.1. The number of aromatic amines is 2. The normalized spacial score (nSPS) is 15.4. The Labute approximate surface area is 186 Å². The van der Waals surface area contributed by atoms with E-state index in [2.05, 4.69) is 14.9 Å². The molecule has 4 aromatic rings. The number of halogens is 2. The van der Waals surface area contributed by atoms with Gasteiger partial charge >= 0.3 is 0 Å². The Morgan fingerprint density at radius 3 is 2.59 bits per heavy atom. The molecule has 1 aliphatic rings. The summed E-state index contributed by atoms with van der Waals surface area (Å²) in [6.45, 7) is 3.46. The summed E-state index contributed by atoms with van der Waals surface area (Å²) < 4.78 is 33.4. The molecule has 4 nitrogen and oxygen atoms in total. The molecule has 2 N–H and O–H groups in total. The van der Waals surface area contributed by atoms with E-state index in [1.165, 1.54) is 23.8 Å². The van der Waals surface area contributed by atoms with Crippen molar-refractivity contribution in [3.8, 4) is 16.9 Å². The molecule has 32 heavy (non-hydrogen) atoms. The molecule has 0 amide bonds. The lowest BCUT2D eigenvalue weighted by Gasteiger charge is -2.31. The molecule has 2 aromatic carbocycles. The van der Waals surface area contributed by atoms with Crippen LogP contribution in [0.2, 0.25) is 0 Å². The average Bonchev–Trinajstić information content (AvgIpc) is 3.46. The standard InChI is InChI=1S/C26H27F2N3O/c27-21-1-3-25-23(14-21)20(17-30-25)13-18-6-9-31(10-7-18)11-12-32-26-4-2-22(28)15-24(26)19-5-8-29-16-19/h1-5,8,14-18,29-30H,6-7,9-13H2. The van der Waals surface area contributed by atoms with Crippen molar-refractivity contribution < 1.29 is 13.5 Å². The molecule has 5 rings (SSSR count). The number of rotatable bonds is 7. The van der Waals surface area contributed by atoms with E-state index in [0.717, 1.165) is 60.9 Å². The highest BCUT2D eigenvalue weighted by Crippen LogP contribution is 2.31. The largest absolute Gasteiger partial charge is 0.492 e. The first kappa shape index (κ1) is 20.8. The summed E-state index contributed by atoms with van der Waals surface area (Å²) in [5.41, 5.74) is 3.88. The molecule has 6 heteroatoms.